The number of pyridine rings is 1. The van der Waals surface area contributed by atoms with Crippen LogP contribution >= 0.6 is 11.6 Å². The Morgan fingerprint density at radius 3 is 2.76 bits per heavy atom. The molecule has 0 radical (unpaired) electrons. The predicted molar refractivity (Wildman–Crippen MR) is 191 cm³/mol. The number of amides is 1. The highest BCUT2D eigenvalue weighted by molar-refractivity contribution is 6.36. The lowest BCUT2D eigenvalue weighted by Crippen LogP contribution is -2.51. The zero-order valence-electron chi connectivity index (χ0n) is 28.6. The van der Waals surface area contributed by atoms with E-state index in [0.29, 0.717) is 59.7 Å². The van der Waals surface area contributed by atoms with Crippen molar-refractivity contribution in [2.45, 2.75) is 50.4 Å². The number of hydrogen-bond acceptors (Lipinski definition) is 8. The maximum Gasteiger partial charge on any atom is 0.319 e. The van der Waals surface area contributed by atoms with Gasteiger partial charge in [-0.05, 0) is 57.2 Å². The van der Waals surface area contributed by atoms with Crippen LogP contribution in [0, 0.1) is 23.1 Å². The molecule has 8 rings (SSSR count). The van der Waals surface area contributed by atoms with Crippen LogP contribution in [-0.2, 0) is 4.79 Å². The number of fused-ring (bicyclic) bond motifs is 3. The summed E-state index contributed by atoms with van der Waals surface area (Å²) in [5.74, 6) is 5.71. The molecule has 4 aliphatic rings. The predicted octanol–water partition coefficient (Wildman–Crippen LogP) is 5.58. The molecule has 4 saturated heterocycles. The molecule has 12 heteroatoms. The lowest BCUT2D eigenvalue weighted by atomic mass is 9.83. The van der Waals surface area contributed by atoms with Gasteiger partial charge in [-0.1, -0.05) is 47.9 Å². The average Bonchev–Trinajstić information content (AvgIpc) is 3.80. The van der Waals surface area contributed by atoms with Crippen molar-refractivity contribution in [2.75, 3.05) is 64.9 Å². The maximum atomic E-state index is 16.8. The molecule has 0 spiro atoms. The Morgan fingerprint density at radius 1 is 1.16 bits per heavy atom. The number of likely N-dealkylation sites (N-methyl/N-ethyl adjacent to an activating group) is 1. The molecule has 3 atom stereocenters. The fraction of sp³-hybridized carbons (Fsp3) is 0.474. The molecule has 0 unspecified atom stereocenters. The van der Waals surface area contributed by atoms with Gasteiger partial charge >= 0.3 is 6.01 Å². The quantitative estimate of drug-likeness (QED) is 0.242. The maximum absolute atomic E-state index is 16.8. The SMILES string of the molecule is CN1CC(C)(C#CC(=O)N2CC[C@@H](N(C)c3nc(OC[C@@]45CCCN4C[C@H](F)C5)nc4c(F)c(-c5cccc6cccc(Cl)c56)ncc34)C2)C1. The van der Waals surface area contributed by atoms with Gasteiger partial charge in [-0.25, -0.2) is 8.78 Å². The fourth-order valence-electron chi connectivity index (χ4n) is 8.61. The van der Waals surface area contributed by atoms with Crippen molar-refractivity contribution >= 4 is 45.0 Å². The summed E-state index contributed by atoms with van der Waals surface area (Å²) >= 11 is 6.63. The van der Waals surface area contributed by atoms with Gasteiger partial charge in [-0.3, -0.25) is 14.7 Å². The van der Waals surface area contributed by atoms with E-state index in [1.165, 1.54) is 0 Å². The second-order valence-corrected chi connectivity index (χ2v) is 15.2. The van der Waals surface area contributed by atoms with Gasteiger partial charge in [0.15, 0.2) is 5.82 Å². The molecule has 2 aromatic carbocycles. The third kappa shape index (κ3) is 5.81. The highest BCUT2D eigenvalue weighted by Gasteiger charge is 2.49. The molecule has 4 aromatic rings. The first-order chi connectivity index (χ1) is 24.0. The number of halogens is 3. The molecule has 0 N–H and O–H groups in total. The van der Waals surface area contributed by atoms with Crippen molar-refractivity contribution in [1.82, 2.24) is 29.7 Å². The number of carbonyl (C=O) groups excluding carboxylic acids is 1. The van der Waals surface area contributed by atoms with Gasteiger partial charge in [-0.2, -0.15) is 9.97 Å². The van der Waals surface area contributed by atoms with E-state index in [0.717, 1.165) is 37.9 Å². The van der Waals surface area contributed by atoms with E-state index in [9.17, 15) is 9.18 Å². The Hall–Kier alpha value is -4.11. The van der Waals surface area contributed by atoms with Crippen LogP contribution in [0.25, 0.3) is 32.9 Å². The summed E-state index contributed by atoms with van der Waals surface area (Å²) in [6.45, 7) is 6.19. The van der Waals surface area contributed by atoms with Gasteiger partial charge < -0.3 is 19.4 Å². The number of aromatic nitrogens is 3. The second kappa shape index (κ2) is 12.6. The van der Waals surface area contributed by atoms with Gasteiger partial charge in [0.2, 0.25) is 0 Å². The molecule has 1 amide bonds. The fourth-order valence-corrected chi connectivity index (χ4v) is 8.89. The smallest absolute Gasteiger partial charge is 0.319 e. The van der Waals surface area contributed by atoms with E-state index >= 15 is 4.39 Å². The largest absolute Gasteiger partial charge is 0.461 e. The van der Waals surface area contributed by atoms with Crippen molar-refractivity contribution < 1.29 is 18.3 Å². The number of anilines is 1. The summed E-state index contributed by atoms with van der Waals surface area (Å²) in [6.07, 6.45) is 3.56. The number of rotatable bonds is 6. The van der Waals surface area contributed by atoms with Crippen molar-refractivity contribution in [2.24, 2.45) is 5.41 Å². The van der Waals surface area contributed by atoms with Gasteiger partial charge in [0.25, 0.3) is 5.91 Å². The van der Waals surface area contributed by atoms with Crippen molar-refractivity contribution in [1.29, 1.82) is 0 Å². The van der Waals surface area contributed by atoms with Crippen LogP contribution in [0.15, 0.2) is 42.6 Å². The minimum Gasteiger partial charge on any atom is -0.461 e. The van der Waals surface area contributed by atoms with Gasteiger partial charge in [0.1, 0.15) is 29.8 Å². The normalized spacial score (nSPS) is 24.6. The van der Waals surface area contributed by atoms with Crippen LogP contribution in [0.2, 0.25) is 5.02 Å². The van der Waals surface area contributed by atoms with E-state index in [1.807, 2.05) is 43.3 Å². The van der Waals surface area contributed by atoms with Gasteiger partial charge in [0.05, 0.1) is 16.3 Å². The number of hydrogen-bond donors (Lipinski definition) is 0. The molecule has 9 nitrogen and oxygen atoms in total. The molecule has 50 heavy (non-hydrogen) atoms. The molecule has 0 saturated carbocycles. The highest BCUT2D eigenvalue weighted by atomic mass is 35.5. The Kier molecular flexibility index (Phi) is 8.32. The summed E-state index contributed by atoms with van der Waals surface area (Å²) in [5.41, 5.74) is 0.149. The summed E-state index contributed by atoms with van der Waals surface area (Å²) in [7, 11) is 3.93. The summed E-state index contributed by atoms with van der Waals surface area (Å²) in [4.78, 5) is 35.3. The molecule has 0 bridgehead atoms. The van der Waals surface area contributed by atoms with Crippen LogP contribution in [0.5, 0.6) is 6.01 Å². The Morgan fingerprint density at radius 2 is 1.96 bits per heavy atom. The monoisotopic (exact) mass is 699 g/mol. The van der Waals surface area contributed by atoms with Crippen LogP contribution in [0.4, 0.5) is 14.6 Å². The van der Waals surface area contributed by atoms with Crippen LogP contribution in [-0.4, -0.2) is 113 Å². The van der Waals surface area contributed by atoms with Gasteiger partial charge in [0, 0.05) is 74.4 Å². The first-order valence-corrected chi connectivity index (χ1v) is 17.7. The second-order valence-electron chi connectivity index (χ2n) is 14.8. The molecule has 0 aliphatic carbocycles. The van der Waals surface area contributed by atoms with Crippen molar-refractivity contribution in [3.05, 3.63) is 53.4 Å². The van der Waals surface area contributed by atoms with E-state index in [4.69, 9.17) is 21.3 Å². The number of likely N-dealkylation sites (tertiary alicyclic amines) is 2. The van der Waals surface area contributed by atoms with Crippen LogP contribution in [0.1, 0.15) is 32.6 Å². The summed E-state index contributed by atoms with van der Waals surface area (Å²) in [6, 6.07) is 11.0. The summed E-state index contributed by atoms with van der Waals surface area (Å²) in [5, 5.41) is 2.48. The average molecular weight is 700 g/mol. The van der Waals surface area contributed by atoms with E-state index in [1.54, 1.807) is 23.2 Å². The Bertz CT molecular complexity index is 2060. The van der Waals surface area contributed by atoms with E-state index in [2.05, 4.69) is 38.5 Å². The number of carbonyl (C=O) groups is 1. The topological polar surface area (TPSA) is 77.9 Å². The van der Waals surface area contributed by atoms with E-state index < -0.39 is 17.5 Å². The molecular weight excluding hydrogens is 660 g/mol. The Balaban J connectivity index is 1.14. The van der Waals surface area contributed by atoms with Gasteiger partial charge in [-0.15, -0.1) is 0 Å². The zero-order chi connectivity index (χ0) is 34.8. The zero-order valence-corrected chi connectivity index (χ0v) is 29.3. The minimum atomic E-state index is -0.910. The number of ether oxygens (including phenoxy) is 1. The van der Waals surface area contributed by atoms with Crippen molar-refractivity contribution in [3.63, 3.8) is 0 Å². The summed E-state index contributed by atoms with van der Waals surface area (Å²) < 4.78 is 37.7. The number of alkyl halides is 1. The van der Waals surface area contributed by atoms with Crippen LogP contribution in [0.3, 0.4) is 0 Å². The van der Waals surface area contributed by atoms with Crippen LogP contribution < -0.4 is 9.64 Å². The molecule has 4 fully saturated rings. The number of nitrogens with zero attached hydrogens (tertiary/aromatic N) is 7. The third-order valence-corrected chi connectivity index (χ3v) is 11.3. The van der Waals surface area contributed by atoms with Crippen molar-refractivity contribution in [3.8, 4) is 29.1 Å². The number of benzene rings is 2. The minimum absolute atomic E-state index is 0.0189. The standard InChI is InChI=1S/C38H40ClF2N7O2/c1-37(21-45(2)22-37)14-11-30(49)47-16-12-26(20-47)46(3)35-28-18-42-33(27-9-4-7-24-8-5-10-29(39)31(24)27)32(41)34(28)43-36(44-35)50-23-38-13-6-15-48(38)19-25(40)17-38/h4-5,7-10,18,25-26H,6,12-13,15-17,19-23H2,1-3H3/t25-,26-,38+/m1/s1. The lowest BCUT2D eigenvalue weighted by molar-refractivity contribution is -0.124. The molecule has 6 heterocycles. The Labute approximate surface area is 295 Å². The lowest BCUT2D eigenvalue weighted by Gasteiger charge is -2.42. The molecule has 4 aliphatic heterocycles. The third-order valence-electron chi connectivity index (χ3n) is 11.0. The molecule has 260 valence electrons. The molecular formula is C38H40ClF2N7O2. The molecule has 2 aromatic heterocycles. The van der Waals surface area contributed by atoms with E-state index in [-0.39, 0.29) is 41.2 Å². The highest BCUT2D eigenvalue weighted by Crippen LogP contribution is 2.41. The first kappa shape index (κ1) is 33.1. The first-order valence-electron chi connectivity index (χ1n) is 17.3.